The number of carbonyl (C=O) groups is 2. The van der Waals surface area contributed by atoms with Crippen molar-refractivity contribution in [1.29, 1.82) is 0 Å². The number of nitrogens with zero attached hydrogens (tertiary/aromatic N) is 3. The minimum Gasteiger partial charge on any atom is -0.482 e. The molecule has 1 atom stereocenters. The molecule has 2 aromatic rings. The number of likely N-dealkylation sites (tertiary alicyclic amines) is 1. The van der Waals surface area contributed by atoms with E-state index < -0.39 is 11.6 Å². The van der Waals surface area contributed by atoms with Crippen LogP contribution in [0.25, 0.3) is 0 Å². The van der Waals surface area contributed by atoms with E-state index >= 15 is 0 Å². The van der Waals surface area contributed by atoms with Gasteiger partial charge in [0.2, 0.25) is 0 Å². The normalized spacial score (nSPS) is 18.6. The number of ether oxygens (including phenoxy) is 3. The van der Waals surface area contributed by atoms with Gasteiger partial charge >= 0.3 is 12.1 Å². The van der Waals surface area contributed by atoms with Crippen molar-refractivity contribution in [3.63, 3.8) is 0 Å². The molecule has 0 saturated carbocycles. The maximum atomic E-state index is 12.7. The summed E-state index contributed by atoms with van der Waals surface area (Å²) in [4.78, 5) is 28.4. The molecule has 2 heterocycles. The molecule has 218 valence electrons. The highest BCUT2D eigenvalue weighted by atomic mass is 16.6. The fourth-order valence-electron chi connectivity index (χ4n) is 6.17. The van der Waals surface area contributed by atoms with Gasteiger partial charge in [0, 0.05) is 63.1 Å². The second kappa shape index (κ2) is 12.9. The second-order valence-electron chi connectivity index (χ2n) is 12.3. The molecule has 0 aliphatic carbocycles. The first-order valence-electron chi connectivity index (χ1n) is 14.5. The molecule has 0 spiro atoms. The van der Waals surface area contributed by atoms with Gasteiger partial charge in [-0.15, -0.1) is 0 Å². The molecule has 8 nitrogen and oxygen atoms in total. The average molecular weight is 553 g/mol. The summed E-state index contributed by atoms with van der Waals surface area (Å²) in [5.41, 5.74) is 2.06. The second-order valence-corrected chi connectivity index (χ2v) is 12.3. The molecule has 2 aliphatic heterocycles. The highest BCUT2D eigenvalue weighted by molar-refractivity contribution is 5.71. The topological polar surface area (TPSA) is 68.3 Å². The number of piperidine rings is 2. The van der Waals surface area contributed by atoms with E-state index in [9.17, 15) is 9.59 Å². The molecule has 8 heteroatoms. The largest absolute Gasteiger partial charge is 0.482 e. The maximum Gasteiger partial charge on any atom is 0.410 e. The Bertz CT molecular complexity index is 1100. The van der Waals surface area contributed by atoms with Gasteiger partial charge in [-0.1, -0.05) is 30.3 Å². The van der Waals surface area contributed by atoms with E-state index in [-0.39, 0.29) is 12.7 Å². The molecule has 4 rings (SSSR count). The Morgan fingerprint density at radius 3 is 2.00 bits per heavy atom. The van der Waals surface area contributed by atoms with Crippen molar-refractivity contribution in [2.24, 2.45) is 0 Å². The minimum atomic E-state index is -0.476. The average Bonchev–Trinajstić information content (AvgIpc) is 2.96. The van der Waals surface area contributed by atoms with Crippen LogP contribution in [0.4, 0.5) is 10.5 Å². The third-order valence-electron chi connectivity index (χ3n) is 8.40. The number of hydrogen-bond donors (Lipinski definition) is 0. The lowest BCUT2D eigenvalue weighted by Gasteiger charge is -2.52. The Kier molecular flexibility index (Phi) is 9.61. The van der Waals surface area contributed by atoms with Crippen LogP contribution in [0.1, 0.15) is 52.0 Å². The van der Waals surface area contributed by atoms with E-state index in [0.29, 0.717) is 17.8 Å². The standard InChI is InChI=1S/C32H46N3O5/c1-32(2,3)40-31(37)34-21-17-28(18-22-34)35(4,23-25-9-7-6-8-10-25)27-15-19-33(20-16-27)26-11-13-29(14-12-26)39-24-30(36)38-5/h6-14,27-28H,15-24H2,1-5H3/q+1. The molecule has 1 amide bonds. The first-order valence-corrected chi connectivity index (χ1v) is 14.5. The highest BCUT2D eigenvalue weighted by Gasteiger charge is 2.43. The number of rotatable bonds is 8. The molecule has 0 N–H and O–H groups in total. The molecule has 1 unspecified atom stereocenters. The van der Waals surface area contributed by atoms with Crippen molar-refractivity contribution < 1.29 is 28.3 Å². The lowest BCUT2D eigenvalue weighted by atomic mass is 9.92. The summed E-state index contributed by atoms with van der Waals surface area (Å²) < 4.78 is 16.8. The molecular weight excluding hydrogens is 506 g/mol. The number of esters is 1. The molecule has 2 fully saturated rings. The van der Waals surface area contributed by atoms with Crippen LogP contribution in [-0.4, -0.2) is 86.1 Å². The van der Waals surface area contributed by atoms with Gasteiger partial charge in [0.15, 0.2) is 6.61 Å². The Morgan fingerprint density at radius 2 is 1.45 bits per heavy atom. The SMILES string of the molecule is COC(=O)COc1ccc(N2CCC([N+](C)(Cc3ccccc3)C3CCN(C(=O)OC(C)(C)C)CC3)CC2)cc1. The van der Waals surface area contributed by atoms with Gasteiger partial charge in [0.1, 0.15) is 17.9 Å². The van der Waals surface area contributed by atoms with E-state index in [2.05, 4.69) is 59.1 Å². The molecule has 2 saturated heterocycles. The lowest BCUT2D eigenvalue weighted by Crippen LogP contribution is -2.63. The third-order valence-corrected chi connectivity index (χ3v) is 8.40. The van der Waals surface area contributed by atoms with E-state index in [1.807, 2.05) is 37.8 Å². The van der Waals surface area contributed by atoms with Crippen molar-refractivity contribution in [1.82, 2.24) is 4.90 Å². The van der Waals surface area contributed by atoms with Crippen LogP contribution >= 0.6 is 0 Å². The van der Waals surface area contributed by atoms with Crippen molar-refractivity contribution in [3.05, 3.63) is 60.2 Å². The fourth-order valence-corrected chi connectivity index (χ4v) is 6.17. The van der Waals surface area contributed by atoms with Gasteiger partial charge in [-0.3, -0.25) is 0 Å². The van der Waals surface area contributed by atoms with Crippen LogP contribution in [0.3, 0.4) is 0 Å². The summed E-state index contributed by atoms with van der Waals surface area (Å²) in [6.45, 7) is 10.1. The van der Waals surface area contributed by atoms with Gasteiger partial charge in [0.05, 0.1) is 26.2 Å². The molecule has 40 heavy (non-hydrogen) atoms. The first-order chi connectivity index (χ1) is 19.1. The quantitative estimate of drug-likeness (QED) is 0.329. The van der Waals surface area contributed by atoms with Crippen molar-refractivity contribution in [2.75, 3.05) is 51.8 Å². The van der Waals surface area contributed by atoms with Crippen LogP contribution < -0.4 is 9.64 Å². The van der Waals surface area contributed by atoms with E-state index in [0.717, 1.165) is 62.9 Å². The zero-order valence-electron chi connectivity index (χ0n) is 24.8. The summed E-state index contributed by atoms with van der Waals surface area (Å²) in [6, 6.07) is 19.8. The van der Waals surface area contributed by atoms with Crippen LogP contribution in [0.2, 0.25) is 0 Å². The van der Waals surface area contributed by atoms with Crippen LogP contribution in [0.5, 0.6) is 5.75 Å². The highest BCUT2D eigenvalue weighted by Crippen LogP contribution is 2.34. The van der Waals surface area contributed by atoms with E-state index in [1.165, 1.54) is 18.4 Å². The number of benzene rings is 2. The van der Waals surface area contributed by atoms with Crippen molar-refractivity contribution >= 4 is 17.7 Å². The molecule has 0 bridgehead atoms. The van der Waals surface area contributed by atoms with Gasteiger partial charge in [-0.05, 0) is 45.0 Å². The Hall–Kier alpha value is -3.26. The lowest BCUT2D eigenvalue weighted by molar-refractivity contribution is -0.970. The van der Waals surface area contributed by atoms with E-state index in [4.69, 9.17) is 9.47 Å². The Balaban J connectivity index is 1.40. The summed E-state index contributed by atoms with van der Waals surface area (Å²) in [5.74, 6) is 0.271. The fraction of sp³-hybridized carbons (Fsp3) is 0.562. The zero-order valence-corrected chi connectivity index (χ0v) is 24.8. The number of anilines is 1. The first kappa shape index (κ1) is 29.7. The predicted octanol–water partition coefficient (Wildman–Crippen LogP) is 5.25. The summed E-state index contributed by atoms with van der Waals surface area (Å²) >= 11 is 0. The van der Waals surface area contributed by atoms with Crippen LogP contribution in [0.15, 0.2) is 54.6 Å². The predicted molar refractivity (Wildman–Crippen MR) is 156 cm³/mol. The minimum absolute atomic E-state index is 0.0874. The van der Waals surface area contributed by atoms with Crippen molar-refractivity contribution in [2.45, 2.75) is 70.7 Å². The smallest absolute Gasteiger partial charge is 0.410 e. The molecule has 0 radical (unpaired) electrons. The molecule has 2 aliphatic rings. The molecule has 0 aromatic heterocycles. The van der Waals surface area contributed by atoms with E-state index in [1.54, 1.807) is 0 Å². The number of methoxy groups -OCH3 is 1. The maximum absolute atomic E-state index is 12.7. The summed E-state index contributed by atoms with van der Waals surface area (Å²) in [5, 5.41) is 0. The van der Waals surface area contributed by atoms with Gasteiger partial charge in [-0.25, -0.2) is 9.59 Å². The Labute approximate surface area is 239 Å². The third kappa shape index (κ3) is 7.68. The molecule has 2 aromatic carbocycles. The number of amides is 1. The van der Waals surface area contributed by atoms with Crippen LogP contribution in [-0.2, 0) is 20.8 Å². The number of hydrogen-bond acceptors (Lipinski definition) is 6. The zero-order chi connectivity index (χ0) is 28.8. The monoisotopic (exact) mass is 552 g/mol. The Morgan fingerprint density at radius 1 is 0.875 bits per heavy atom. The van der Waals surface area contributed by atoms with Gasteiger partial charge < -0.3 is 28.5 Å². The van der Waals surface area contributed by atoms with Gasteiger partial charge in [0.25, 0.3) is 0 Å². The van der Waals surface area contributed by atoms with Crippen molar-refractivity contribution in [3.8, 4) is 5.75 Å². The van der Waals surface area contributed by atoms with Gasteiger partial charge in [-0.2, -0.15) is 0 Å². The number of quaternary nitrogens is 1. The summed E-state index contributed by atoms with van der Waals surface area (Å²) in [7, 11) is 3.80. The number of carbonyl (C=O) groups excluding carboxylic acids is 2. The van der Waals surface area contributed by atoms with Crippen LogP contribution in [0, 0.1) is 0 Å². The summed E-state index contributed by atoms with van der Waals surface area (Å²) in [6.07, 6.45) is 3.98. The molecular formula is C32H46N3O5+.